The number of carbonyl (C=O) groups excluding carboxylic acids is 1. The molecule has 35 heavy (non-hydrogen) atoms. The summed E-state index contributed by atoms with van der Waals surface area (Å²) < 4.78 is 12.1. The van der Waals surface area contributed by atoms with E-state index >= 15 is 0 Å². The standard InChI is InChI=1S/C23H20Cl2N6O4/c1-4-5-17(32)30-9-8-12(11-30)31-21-18(22(26)27-28-23(21)33)14(29-31)7-6-13-19(24)15(34-2)10-16(35-3)20(13)25/h10,12H,8-9,11H2,1-3H3,(H2,26,27)(H,28,33). The number of ether oxygens (including phenoxy) is 2. The molecule has 1 aliphatic rings. The summed E-state index contributed by atoms with van der Waals surface area (Å²) in [6, 6.07) is 1.28. The normalized spacial score (nSPS) is 14.8. The lowest BCUT2D eigenvalue weighted by molar-refractivity contribution is -0.124. The van der Waals surface area contributed by atoms with Crippen molar-refractivity contribution in [3.63, 3.8) is 0 Å². The highest BCUT2D eigenvalue weighted by Crippen LogP contribution is 2.40. The number of aromatic nitrogens is 4. The van der Waals surface area contributed by atoms with Crippen LogP contribution < -0.4 is 20.8 Å². The average Bonchev–Trinajstić information content (AvgIpc) is 3.48. The number of amides is 1. The van der Waals surface area contributed by atoms with Gasteiger partial charge in [0.05, 0.1) is 41.3 Å². The van der Waals surface area contributed by atoms with E-state index in [9.17, 15) is 9.59 Å². The number of anilines is 1. The van der Waals surface area contributed by atoms with Gasteiger partial charge in [-0.1, -0.05) is 35.0 Å². The quantitative estimate of drug-likeness (QED) is 0.512. The molecule has 1 unspecified atom stereocenters. The first-order valence-corrected chi connectivity index (χ1v) is 11.2. The van der Waals surface area contributed by atoms with Crippen LogP contribution in [0.2, 0.25) is 10.0 Å². The minimum Gasteiger partial charge on any atom is -0.495 e. The predicted molar refractivity (Wildman–Crippen MR) is 132 cm³/mol. The molecule has 0 radical (unpaired) electrons. The first-order chi connectivity index (χ1) is 16.8. The Bertz CT molecular complexity index is 1490. The van der Waals surface area contributed by atoms with Crippen LogP contribution in [0.25, 0.3) is 10.9 Å². The lowest BCUT2D eigenvalue weighted by Gasteiger charge is -2.14. The summed E-state index contributed by atoms with van der Waals surface area (Å²) in [6.07, 6.45) is 0.577. The van der Waals surface area contributed by atoms with Crippen molar-refractivity contribution in [3.8, 4) is 35.2 Å². The molecular weight excluding hydrogens is 495 g/mol. The van der Waals surface area contributed by atoms with Gasteiger partial charge in [0, 0.05) is 19.2 Å². The van der Waals surface area contributed by atoms with Gasteiger partial charge in [-0.15, -0.1) is 0 Å². The number of nitrogens with zero attached hydrogens (tertiary/aromatic N) is 4. The van der Waals surface area contributed by atoms with Gasteiger partial charge in [-0.3, -0.25) is 14.3 Å². The summed E-state index contributed by atoms with van der Waals surface area (Å²) in [4.78, 5) is 26.5. The fourth-order valence-corrected chi connectivity index (χ4v) is 4.49. The van der Waals surface area contributed by atoms with Crippen LogP contribution in [-0.4, -0.2) is 58.1 Å². The third kappa shape index (κ3) is 4.34. The highest BCUT2D eigenvalue weighted by Gasteiger charge is 2.30. The van der Waals surface area contributed by atoms with Gasteiger partial charge in [0.25, 0.3) is 11.5 Å². The number of likely N-dealkylation sites (tertiary alicyclic amines) is 1. The van der Waals surface area contributed by atoms with Gasteiger partial charge >= 0.3 is 0 Å². The Morgan fingerprint density at radius 2 is 1.91 bits per heavy atom. The molecule has 0 bridgehead atoms. The second-order valence-corrected chi connectivity index (χ2v) is 8.31. The highest BCUT2D eigenvalue weighted by atomic mass is 35.5. The third-order valence-corrected chi connectivity index (χ3v) is 6.32. The van der Waals surface area contributed by atoms with Crippen LogP contribution in [0.5, 0.6) is 11.5 Å². The summed E-state index contributed by atoms with van der Waals surface area (Å²) in [6.45, 7) is 2.42. The summed E-state index contributed by atoms with van der Waals surface area (Å²) >= 11 is 12.9. The molecule has 3 N–H and O–H groups in total. The molecule has 12 heteroatoms. The van der Waals surface area contributed by atoms with Crippen molar-refractivity contribution in [2.45, 2.75) is 19.4 Å². The van der Waals surface area contributed by atoms with Crippen molar-refractivity contribution >= 4 is 45.8 Å². The summed E-state index contributed by atoms with van der Waals surface area (Å²) in [5.74, 6) is 11.4. The van der Waals surface area contributed by atoms with E-state index < -0.39 is 5.56 Å². The molecule has 0 saturated carbocycles. The number of aromatic amines is 1. The summed E-state index contributed by atoms with van der Waals surface area (Å²) in [5.41, 5.74) is 6.30. The maximum Gasteiger partial charge on any atom is 0.298 e. The van der Waals surface area contributed by atoms with E-state index in [4.69, 9.17) is 38.4 Å². The molecule has 180 valence electrons. The molecule has 0 spiro atoms. The van der Waals surface area contributed by atoms with Crippen LogP contribution in [0.1, 0.15) is 30.6 Å². The van der Waals surface area contributed by atoms with E-state index in [-0.39, 0.29) is 44.6 Å². The average molecular weight is 515 g/mol. The van der Waals surface area contributed by atoms with Crippen LogP contribution in [-0.2, 0) is 4.79 Å². The van der Waals surface area contributed by atoms with E-state index in [2.05, 4.69) is 39.0 Å². The first-order valence-electron chi connectivity index (χ1n) is 10.4. The Morgan fingerprint density at radius 3 is 2.54 bits per heavy atom. The number of nitrogen functional groups attached to an aromatic ring is 1. The summed E-state index contributed by atoms with van der Waals surface area (Å²) in [5, 5.41) is 11.5. The Balaban J connectivity index is 1.85. The molecular formula is C23H20Cl2N6O4. The van der Waals surface area contributed by atoms with E-state index in [1.807, 2.05) is 0 Å². The fraction of sp³-hybridized carbons (Fsp3) is 0.304. The van der Waals surface area contributed by atoms with Crippen molar-refractivity contribution in [3.05, 3.63) is 37.7 Å². The molecule has 1 aliphatic heterocycles. The van der Waals surface area contributed by atoms with Gasteiger partial charge in [0.1, 0.15) is 22.7 Å². The number of nitrogens with one attached hydrogen (secondary N) is 1. The second kappa shape index (κ2) is 9.79. The molecule has 1 fully saturated rings. The molecule has 1 aromatic carbocycles. The topological polar surface area (TPSA) is 128 Å². The van der Waals surface area contributed by atoms with Crippen molar-refractivity contribution in [1.29, 1.82) is 0 Å². The molecule has 1 amide bonds. The number of fused-ring (bicyclic) bond motifs is 1. The Kier molecular flexibility index (Phi) is 6.79. The second-order valence-electron chi connectivity index (χ2n) is 7.56. The molecule has 3 heterocycles. The van der Waals surface area contributed by atoms with Gasteiger partial charge in [0.2, 0.25) is 0 Å². The van der Waals surface area contributed by atoms with Gasteiger partial charge in [-0.25, -0.2) is 5.10 Å². The lowest BCUT2D eigenvalue weighted by Crippen LogP contribution is -2.28. The molecule has 0 aliphatic carbocycles. The monoisotopic (exact) mass is 514 g/mol. The summed E-state index contributed by atoms with van der Waals surface area (Å²) in [7, 11) is 2.92. The third-order valence-electron chi connectivity index (χ3n) is 5.57. The Hall–Kier alpha value is -3.86. The largest absolute Gasteiger partial charge is 0.495 e. The number of benzene rings is 1. The van der Waals surface area contributed by atoms with E-state index in [1.54, 1.807) is 17.9 Å². The molecule has 10 nitrogen and oxygen atoms in total. The molecule has 2 aromatic heterocycles. The fourth-order valence-electron chi connectivity index (χ4n) is 3.90. The van der Waals surface area contributed by atoms with Crippen LogP contribution in [0, 0.1) is 23.7 Å². The van der Waals surface area contributed by atoms with Gasteiger partial charge in [0.15, 0.2) is 5.82 Å². The van der Waals surface area contributed by atoms with Crippen molar-refractivity contribution in [2.24, 2.45) is 0 Å². The number of hydrogen-bond donors (Lipinski definition) is 2. The number of rotatable bonds is 3. The number of nitrogens with two attached hydrogens (primary N) is 1. The van der Waals surface area contributed by atoms with Crippen LogP contribution in [0.3, 0.4) is 0 Å². The number of methoxy groups -OCH3 is 2. The SMILES string of the molecule is CC#CC(=O)N1CCC(n2nc(C#Cc3c(Cl)c(OC)cc(OC)c3Cl)c3c(N)n[nH]c(=O)c32)C1. The zero-order valence-electron chi connectivity index (χ0n) is 19.0. The number of H-pyrrole nitrogens is 1. The van der Waals surface area contributed by atoms with Crippen molar-refractivity contribution < 1.29 is 14.3 Å². The minimum atomic E-state index is -0.480. The van der Waals surface area contributed by atoms with E-state index in [1.165, 1.54) is 18.9 Å². The van der Waals surface area contributed by atoms with Crippen molar-refractivity contribution in [2.75, 3.05) is 33.0 Å². The predicted octanol–water partition coefficient (Wildman–Crippen LogP) is 2.22. The smallest absolute Gasteiger partial charge is 0.298 e. The van der Waals surface area contributed by atoms with Crippen LogP contribution in [0.4, 0.5) is 5.82 Å². The molecule has 1 saturated heterocycles. The minimum absolute atomic E-state index is 0.0540. The van der Waals surface area contributed by atoms with E-state index in [0.29, 0.717) is 36.4 Å². The Morgan fingerprint density at radius 1 is 1.23 bits per heavy atom. The number of halogens is 2. The lowest BCUT2D eigenvalue weighted by atomic mass is 10.1. The highest BCUT2D eigenvalue weighted by molar-refractivity contribution is 6.38. The zero-order valence-corrected chi connectivity index (χ0v) is 20.5. The zero-order chi connectivity index (χ0) is 25.3. The van der Waals surface area contributed by atoms with Crippen molar-refractivity contribution in [1.82, 2.24) is 24.9 Å². The Labute approximate surface area is 210 Å². The molecule has 4 rings (SSSR count). The van der Waals surface area contributed by atoms with E-state index in [0.717, 1.165) is 0 Å². The van der Waals surface area contributed by atoms with Gasteiger partial charge in [-0.05, 0) is 25.2 Å². The van der Waals surface area contributed by atoms with Crippen LogP contribution in [0.15, 0.2) is 10.9 Å². The maximum atomic E-state index is 12.7. The molecule has 1 atom stereocenters. The maximum absolute atomic E-state index is 12.7. The number of hydrogen-bond acceptors (Lipinski definition) is 7. The van der Waals surface area contributed by atoms with Gasteiger partial charge in [-0.2, -0.15) is 10.2 Å². The van der Waals surface area contributed by atoms with Gasteiger partial charge < -0.3 is 20.1 Å². The number of carbonyl (C=O) groups is 1. The first kappa shape index (κ1) is 24.3. The molecule has 3 aromatic rings. The van der Waals surface area contributed by atoms with Crippen LogP contribution >= 0.6 is 23.2 Å².